The van der Waals surface area contributed by atoms with Crippen molar-refractivity contribution >= 4 is 80.1 Å². The first kappa shape index (κ1) is 73.2. The lowest BCUT2D eigenvalue weighted by Crippen LogP contribution is -2.62. The van der Waals surface area contributed by atoms with E-state index in [1.54, 1.807) is 55.8 Å². The number of aliphatic hydroxyl groups excluding tert-OH is 1. The molecule has 29 nitrogen and oxygen atoms in total. The molecule has 2 saturated carbocycles. The number of carbonyl (C=O) groups excluding carboxylic acids is 7. The molecule has 3 aromatic carbocycles. The number of rotatable bonds is 24. The van der Waals surface area contributed by atoms with Crippen LogP contribution in [0.1, 0.15) is 115 Å². The summed E-state index contributed by atoms with van der Waals surface area (Å²) >= 11 is 1.38. The van der Waals surface area contributed by atoms with E-state index in [1.807, 2.05) is 40.8 Å². The first-order valence-electron chi connectivity index (χ1n) is 34.7. The minimum Gasteiger partial charge on any atom is -0.496 e. The summed E-state index contributed by atoms with van der Waals surface area (Å²) in [4.78, 5) is 119. The second kappa shape index (κ2) is 32.0. The van der Waals surface area contributed by atoms with Gasteiger partial charge in [0.05, 0.1) is 61.7 Å². The number of aromatic carboxylic acids is 1. The van der Waals surface area contributed by atoms with Crippen LogP contribution < -0.4 is 35.1 Å². The van der Waals surface area contributed by atoms with Gasteiger partial charge < -0.3 is 73.3 Å². The Morgan fingerprint density at radius 2 is 1.63 bits per heavy atom. The monoisotopic (exact) mass is 1440 g/mol. The maximum Gasteiger partial charge on any atom is 0.410 e. The third-order valence-corrected chi connectivity index (χ3v) is 20.8. The molecule has 103 heavy (non-hydrogen) atoms. The number of methoxy groups -OCH3 is 2. The van der Waals surface area contributed by atoms with Crippen molar-refractivity contribution in [2.75, 3.05) is 96.7 Å². The third kappa shape index (κ3) is 17.1. The fourth-order valence-electron chi connectivity index (χ4n) is 15.3. The number of imide groups is 1. The maximum atomic E-state index is 15.0. The van der Waals surface area contributed by atoms with Gasteiger partial charge in [0.1, 0.15) is 48.4 Å². The second-order valence-corrected chi connectivity index (χ2v) is 28.2. The molecule has 0 radical (unpaired) electrons. The van der Waals surface area contributed by atoms with E-state index in [1.165, 1.54) is 23.3 Å². The number of hydrogen-bond donors (Lipinski definition) is 5. The summed E-state index contributed by atoms with van der Waals surface area (Å²) in [5.74, 6) is -2.74. The van der Waals surface area contributed by atoms with Crippen LogP contribution in [0.4, 0.5) is 15.7 Å². The van der Waals surface area contributed by atoms with Gasteiger partial charge in [-0.3, -0.25) is 38.9 Å². The van der Waals surface area contributed by atoms with E-state index in [2.05, 4.69) is 34.8 Å². The highest BCUT2D eigenvalue weighted by molar-refractivity contribution is 7.22. The van der Waals surface area contributed by atoms with Crippen LogP contribution in [0.2, 0.25) is 0 Å². The van der Waals surface area contributed by atoms with Crippen molar-refractivity contribution in [1.29, 1.82) is 0 Å². The van der Waals surface area contributed by atoms with E-state index in [0.29, 0.717) is 103 Å². The summed E-state index contributed by atoms with van der Waals surface area (Å²) in [7, 11) is 3.13. The van der Waals surface area contributed by atoms with Gasteiger partial charge in [0.25, 0.3) is 17.7 Å². The standard InChI is InChI=1S/C73H86N10O19S/c1-6-71(43-83-45(3)52(36-76-83)50-14-16-59(78-65(50)67(90)91)81-23-20-49-53(37-81)51(13-15-55(49)95-5)66(89)79-69-77-54-9-7-8-10-58(54)103-69)40-72-34-44(2)35-73(41-71,42-72)102-68(92)57-31-47(84)32-64(101-57)100-48-12-11-46(39-98-70(93)80(24-27-94-4)25-28-99-72)56(33-48)97-30-29-96-26-22-75-60(85)19-21-74-61(86)38-82-62(87)17-18-63(82)88/h7-18,33,36,44,47,57,64,84H,6,19-32,34-35,37-43H2,1-5H3,(H,74,86)(H,75,85)(H,90,91)(H,77,79,89)/t44?,47-,57-,64+,71?,72?,73?/m0/s1. The molecule has 3 aromatic heterocycles. The zero-order valence-electron chi connectivity index (χ0n) is 58.2. The Hall–Kier alpha value is -9.59. The van der Waals surface area contributed by atoms with Gasteiger partial charge in [-0.1, -0.05) is 37.3 Å². The average Bonchev–Trinajstić information content (AvgIpc) is 1.14. The predicted octanol–water partition coefficient (Wildman–Crippen LogP) is 6.92. The molecule has 13 rings (SSSR count). The molecule has 5 aliphatic heterocycles. The number of carbonyl (C=O) groups is 8. The van der Waals surface area contributed by atoms with Crippen LogP contribution in [0.5, 0.6) is 17.2 Å². The first-order valence-corrected chi connectivity index (χ1v) is 35.5. The Labute approximate surface area is 598 Å². The van der Waals surface area contributed by atoms with E-state index < -0.39 is 77.4 Å². The van der Waals surface area contributed by atoms with Crippen LogP contribution >= 0.6 is 11.3 Å². The van der Waals surface area contributed by atoms with Crippen LogP contribution in [-0.4, -0.2) is 204 Å². The highest BCUT2D eigenvalue weighted by Gasteiger charge is 2.61. The van der Waals surface area contributed by atoms with Gasteiger partial charge in [-0.05, 0) is 111 Å². The summed E-state index contributed by atoms with van der Waals surface area (Å²) < 4.78 is 58.8. The Bertz CT molecular complexity index is 4170. The number of nitrogens with zero attached hydrogens (tertiary/aromatic N) is 7. The summed E-state index contributed by atoms with van der Waals surface area (Å²) in [6.45, 7) is 7.35. The normalized spacial score (nSPS) is 23.5. The van der Waals surface area contributed by atoms with E-state index in [-0.39, 0.29) is 127 Å². The Morgan fingerprint density at radius 3 is 2.42 bits per heavy atom. The molecule has 6 bridgehead atoms. The molecule has 4 unspecified atom stereocenters. The van der Waals surface area contributed by atoms with Crippen molar-refractivity contribution in [3.8, 4) is 28.4 Å². The van der Waals surface area contributed by atoms with Crippen molar-refractivity contribution in [2.45, 2.75) is 134 Å². The molecule has 2 aliphatic carbocycles. The Kier molecular flexibility index (Phi) is 22.7. The minimum absolute atomic E-state index is 0.00698. The molecule has 6 amide bonds. The van der Waals surface area contributed by atoms with Gasteiger partial charge >= 0.3 is 18.0 Å². The summed E-state index contributed by atoms with van der Waals surface area (Å²) in [5.41, 5.74) is 2.08. The molecular formula is C73H86N10O19S. The lowest BCUT2D eigenvalue weighted by Gasteiger charge is -2.59. The van der Waals surface area contributed by atoms with E-state index >= 15 is 0 Å². The third-order valence-electron chi connectivity index (χ3n) is 19.9. The van der Waals surface area contributed by atoms with Crippen LogP contribution in [0.25, 0.3) is 21.3 Å². The molecule has 7 atom stereocenters. The number of para-hydroxylation sites is 1. The number of aliphatic hydroxyl groups is 1. The molecule has 6 aromatic rings. The summed E-state index contributed by atoms with van der Waals surface area (Å²) in [6.07, 6.45) is 3.17. The average molecular weight is 1440 g/mol. The fourth-order valence-corrected chi connectivity index (χ4v) is 16.2. The van der Waals surface area contributed by atoms with Crippen molar-refractivity contribution in [2.24, 2.45) is 11.3 Å². The van der Waals surface area contributed by atoms with Crippen molar-refractivity contribution in [3.05, 3.63) is 119 Å². The van der Waals surface area contributed by atoms with Gasteiger partial charge in [-0.2, -0.15) is 5.10 Å². The van der Waals surface area contributed by atoms with Crippen molar-refractivity contribution < 1.29 is 91.2 Å². The number of amides is 6. The minimum atomic E-state index is -1.24. The molecule has 30 heteroatoms. The number of fused-ring (bicyclic) bond motifs is 11. The molecule has 0 spiro atoms. The van der Waals surface area contributed by atoms with Crippen molar-refractivity contribution in [3.63, 3.8) is 0 Å². The SMILES string of the molecule is CCC1(Cn2ncc(-c3ccc(N4CCc5c(OC)ccc(C(=O)Nc6nc7ccccc7s6)c5C4)nc3C(=O)O)c2C)CC23CC(C)CC(C1)(C2)OC(=O)[C@@H]1C[C@H](O)C[C@H](Oc2ccc(c(OCCOCCNC(=O)CCNC(=O)CN4C(=O)C=CC4=O)c2)COC(=O)N(CCOC)CCO3)O1. The van der Waals surface area contributed by atoms with Gasteiger partial charge in [-0.15, -0.1) is 0 Å². The van der Waals surface area contributed by atoms with Gasteiger partial charge in [0.15, 0.2) is 16.9 Å². The van der Waals surface area contributed by atoms with Gasteiger partial charge in [0.2, 0.25) is 18.1 Å². The molecule has 548 valence electrons. The molecule has 3 fully saturated rings. The van der Waals surface area contributed by atoms with Gasteiger partial charge in [0, 0.05) is 130 Å². The summed E-state index contributed by atoms with van der Waals surface area (Å²) in [6, 6.07) is 19.6. The maximum absolute atomic E-state index is 15.0. The van der Waals surface area contributed by atoms with E-state index in [9.17, 15) is 48.6 Å². The number of ether oxygens (including phenoxy) is 9. The van der Waals surface area contributed by atoms with Crippen LogP contribution in [0.15, 0.2) is 85.1 Å². The molecule has 5 N–H and O–H groups in total. The molecule has 8 heterocycles. The van der Waals surface area contributed by atoms with E-state index in [0.717, 1.165) is 38.4 Å². The predicted molar refractivity (Wildman–Crippen MR) is 372 cm³/mol. The first-order chi connectivity index (χ1) is 49.6. The largest absolute Gasteiger partial charge is 0.496 e. The highest BCUT2D eigenvalue weighted by Crippen LogP contribution is 2.59. The highest BCUT2D eigenvalue weighted by atomic mass is 32.1. The second-order valence-electron chi connectivity index (χ2n) is 27.2. The zero-order chi connectivity index (χ0) is 72.6. The van der Waals surface area contributed by atoms with Crippen LogP contribution in [0, 0.1) is 18.3 Å². The number of esters is 1. The summed E-state index contributed by atoms with van der Waals surface area (Å²) in [5, 5.41) is 36.0. The number of hydrogen-bond acceptors (Lipinski definition) is 23. The number of carboxylic acids is 1. The molecule has 7 aliphatic rings. The number of carboxylic acid groups (broad SMARTS) is 1. The number of anilines is 2. The number of thiazole rings is 1. The topological polar surface area (TPSA) is 350 Å². The quantitative estimate of drug-likeness (QED) is 0.0233. The number of nitrogens with one attached hydrogen (secondary N) is 3. The molecule has 1 saturated heterocycles. The zero-order valence-corrected chi connectivity index (χ0v) is 59.1. The fraction of sp³-hybridized carbons (Fsp3) is 0.493. The van der Waals surface area contributed by atoms with Gasteiger partial charge in [-0.25, -0.2) is 24.4 Å². The Balaban J connectivity index is 0.736. The molecular weight excluding hydrogens is 1350 g/mol. The smallest absolute Gasteiger partial charge is 0.410 e. The number of pyridine rings is 1. The van der Waals surface area contributed by atoms with Crippen LogP contribution in [0.3, 0.4) is 0 Å². The van der Waals surface area contributed by atoms with E-state index in [4.69, 9.17) is 52.7 Å². The lowest BCUT2D eigenvalue weighted by molar-refractivity contribution is -0.244. The number of aromatic nitrogens is 4. The van der Waals surface area contributed by atoms with Crippen molar-refractivity contribution in [1.82, 2.24) is 40.2 Å². The van der Waals surface area contributed by atoms with Crippen LogP contribution in [-0.2, 0) is 78.5 Å². The Morgan fingerprint density at radius 1 is 0.835 bits per heavy atom. The lowest BCUT2D eigenvalue weighted by atomic mass is 9.53. The number of benzene rings is 3.